The first-order valence-corrected chi connectivity index (χ1v) is 20.2. The van der Waals surface area contributed by atoms with Gasteiger partial charge in [0.25, 0.3) is 11.7 Å². The van der Waals surface area contributed by atoms with E-state index in [-0.39, 0.29) is 74.2 Å². The summed E-state index contributed by atoms with van der Waals surface area (Å²) in [6.07, 6.45) is 7.36. The molecule has 0 saturated carbocycles. The van der Waals surface area contributed by atoms with Crippen molar-refractivity contribution in [1.29, 1.82) is 0 Å². The molecule has 322 valence electrons. The van der Waals surface area contributed by atoms with Crippen LogP contribution in [0.5, 0.6) is 23.0 Å². The normalized spacial score (nSPS) is 35.5. The molecular formula is C44H60N4O11. The average Bonchev–Trinajstić information content (AvgIpc) is 3.47. The number of methoxy groups -OCH3 is 2. The van der Waals surface area contributed by atoms with Crippen LogP contribution in [0, 0.1) is 30.6 Å². The van der Waals surface area contributed by atoms with Crippen LogP contribution in [0.25, 0.3) is 10.8 Å². The number of aliphatic hydroxyl groups excluding tert-OH is 1. The second-order valence-corrected chi connectivity index (χ2v) is 16.9. The highest BCUT2D eigenvalue weighted by Gasteiger charge is 2.53. The molecule has 2 fully saturated rings. The van der Waals surface area contributed by atoms with E-state index in [1.54, 1.807) is 37.3 Å². The molecule has 0 aromatic heterocycles. The van der Waals surface area contributed by atoms with Gasteiger partial charge in [-0.1, -0.05) is 45.9 Å². The zero-order valence-electron chi connectivity index (χ0n) is 35.9. The molecule has 7 bridgehead atoms. The number of hydrogen-bond donors (Lipinski definition) is 5. The van der Waals surface area contributed by atoms with E-state index in [9.17, 15) is 30.0 Å². The van der Waals surface area contributed by atoms with Crippen LogP contribution in [0.4, 0.5) is 5.69 Å². The summed E-state index contributed by atoms with van der Waals surface area (Å²) in [6, 6.07) is 0. The van der Waals surface area contributed by atoms with Crippen LogP contribution in [0.3, 0.4) is 0 Å². The second-order valence-electron chi connectivity index (χ2n) is 16.9. The Labute approximate surface area is 345 Å². The lowest BCUT2D eigenvalue weighted by atomic mass is 9.70. The van der Waals surface area contributed by atoms with Gasteiger partial charge in [0.2, 0.25) is 0 Å². The summed E-state index contributed by atoms with van der Waals surface area (Å²) in [7, 11) is 5.13. The lowest BCUT2D eigenvalue weighted by Gasteiger charge is -2.54. The molecule has 6 heterocycles. The van der Waals surface area contributed by atoms with Gasteiger partial charge in [0.05, 0.1) is 64.7 Å². The number of carbonyl (C=O) groups is 2. The Hall–Kier alpha value is -4.67. The zero-order valence-corrected chi connectivity index (χ0v) is 35.9. The Morgan fingerprint density at radius 1 is 0.932 bits per heavy atom. The number of Topliss-reactive ketones (excluding diaryl/α,β-unsaturated/α-hetero) is 1. The van der Waals surface area contributed by atoms with Crippen molar-refractivity contribution in [2.24, 2.45) is 28.8 Å². The number of rotatable bonds is 4. The standard InChI is InChI=1S/C44H60N4O11/c1-22-13-12-15-43(7)27(6)39(58-43)25(4)34(49)24(3)38(56-11)23(2)29(55-10)14-20-57-44(8)41(53)32-30-31(35(50)26(5)40(32)59-44)37(52)33(46-42(22)54)28(36(30)51)21-45-48-18-16-47(9)17-19-48/h12-15,20-21,23-25,27,29,34,38-39,49-52H,16-19H2,1-11H3,(H,46,54)/b15-12+,20-14+,22-13-,45-21+/t23-,24-,25+,27-,29+,34+,38-,39-,43+,44+/m1/s1. The number of nitrogens with one attached hydrogen (secondary N) is 1. The molecule has 15 heteroatoms. The Kier molecular flexibility index (Phi) is 12.5. The lowest BCUT2D eigenvalue weighted by molar-refractivity contribution is -0.251. The van der Waals surface area contributed by atoms with Crippen LogP contribution in [0.2, 0.25) is 0 Å². The Morgan fingerprint density at radius 2 is 1.61 bits per heavy atom. The summed E-state index contributed by atoms with van der Waals surface area (Å²) >= 11 is 0. The van der Waals surface area contributed by atoms with E-state index in [1.165, 1.54) is 33.4 Å². The van der Waals surface area contributed by atoms with Crippen LogP contribution in [-0.2, 0) is 23.7 Å². The van der Waals surface area contributed by atoms with E-state index < -0.39 is 58.6 Å². The molecule has 8 rings (SSSR count). The number of nitrogens with zero attached hydrogens (tertiary/aromatic N) is 3. The number of phenolic OH excluding ortho intramolecular Hbond substituents is 3. The number of phenols is 3. The smallest absolute Gasteiger partial charge is 0.312 e. The van der Waals surface area contributed by atoms with Crippen molar-refractivity contribution >= 4 is 34.4 Å². The minimum atomic E-state index is -1.97. The number of ketones is 1. The maximum Gasteiger partial charge on any atom is 0.312 e. The molecule has 0 aliphatic carbocycles. The van der Waals surface area contributed by atoms with Crippen LogP contribution in [-0.4, -0.2) is 131 Å². The molecule has 10 atom stereocenters. The number of anilines is 1. The molecule has 15 nitrogen and oxygen atoms in total. The number of hydrazone groups is 1. The summed E-state index contributed by atoms with van der Waals surface area (Å²) in [6.45, 7) is 17.0. The van der Waals surface area contributed by atoms with E-state index in [4.69, 9.17) is 23.7 Å². The fourth-order valence-corrected chi connectivity index (χ4v) is 8.86. The van der Waals surface area contributed by atoms with Gasteiger partial charge in [0.15, 0.2) is 5.75 Å². The molecule has 2 saturated heterocycles. The molecule has 6 aliphatic heterocycles. The SMILES string of the molecule is CO[C@H]1[C@H](C)[C@H](O)[C@H](C)[C@H]2O[C@@](C)(/C=C/C=C(/C)C(=O)Nc3c(/C=N/N4CCN(C)CC4)c(O)c4c5c(c(C)c(O)c4c3O)O[C@](C)(O/C=C/[C@H](OC)[C@H]1C)C5=O)[C@@H]2C. The molecule has 5 N–H and O–H groups in total. The number of benzene rings is 2. The van der Waals surface area contributed by atoms with Gasteiger partial charge in [-0.2, -0.15) is 5.10 Å². The van der Waals surface area contributed by atoms with E-state index in [1.807, 2.05) is 40.8 Å². The van der Waals surface area contributed by atoms with Crippen molar-refractivity contribution in [2.45, 2.75) is 91.2 Å². The molecule has 1 amide bonds. The number of allylic oxidation sites excluding steroid dienone is 2. The molecule has 0 radical (unpaired) electrons. The van der Waals surface area contributed by atoms with Gasteiger partial charge in [0.1, 0.15) is 17.2 Å². The van der Waals surface area contributed by atoms with E-state index in [0.717, 1.165) is 13.1 Å². The Balaban J connectivity index is 1.50. The summed E-state index contributed by atoms with van der Waals surface area (Å²) in [5.41, 5.74) is -0.760. The number of carbonyl (C=O) groups excluding carboxylic acids is 2. The largest absolute Gasteiger partial charge is 0.507 e. The first-order chi connectivity index (χ1) is 27.8. The van der Waals surface area contributed by atoms with Crippen LogP contribution in [0.1, 0.15) is 70.0 Å². The topological polar surface area (TPSA) is 192 Å². The molecule has 59 heavy (non-hydrogen) atoms. The summed E-state index contributed by atoms with van der Waals surface area (Å²) in [4.78, 5) is 30.4. The number of ether oxygens (including phenoxy) is 5. The van der Waals surface area contributed by atoms with E-state index in [0.29, 0.717) is 13.1 Å². The predicted octanol–water partition coefficient (Wildman–Crippen LogP) is 5.22. The summed E-state index contributed by atoms with van der Waals surface area (Å²) in [5, 5.41) is 56.0. The van der Waals surface area contributed by atoms with Crippen molar-refractivity contribution in [2.75, 3.05) is 52.8 Å². The van der Waals surface area contributed by atoms with Crippen molar-refractivity contribution in [3.63, 3.8) is 0 Å². The fraction of sp³-hybridized carbons (Fsp3) is 0.568. The highest BCUT2D eigenvalue weighted by atomic mass is 16.7. The number of aromatic hydroxyl groups is 3. The third-order valence-electron chi connectivity index (χ3n) is 13.1. The minimum absolute atomic E-state index is 0.0110. The van der Waals surface area contributed by atoms with Gasteiger partial charge in [-0.25, -0.2) is 0 Å². The first kappa shape index (κ1) is 43.9. The molecule has 2 aromatic rings. The number of piperazine rings is 1. The minimum Gasteiger partial charge on any atom is -0.507 e. The predicted molar refractivity (Wildman–Crippen MR) is 223 cm³/mol. The first-order valence-electron chi connectivity index (χ1n) is 20.2. The van der Waals surface area contributed by atoms with Gasteiger partial charge in [-0.3, -0.25) is 14.6 Å². The molecule has 6 aliphatic rings. The van der Waals surface area contributed by atoms with E-state index >= 15 is 0 Å². The van der Waals surface area contributed by atoms with Gasteiger partial charge in [-0.05, 0) is 33.9 Å². The highest BCUT2D eigenvalue weighted by molar-refractivity contribution is 6.23. The molecule has 0 spiro atoms. The molecular weight excluding hydrogens is 761 g/mol. The second kappa shape index (κ2) is 16.8. The number of hydrogen-bond acceptors (Lipinski definition) is 14. The maximum absolute atomic E-state index is 14.5. The summed E-state index contributed by atoms with van der Waals surface area (Å²) in [5.74, 6) is -5.79. The monoisotopic (exact) mass is 820 g/mol. The average molecular weight is 821 g/mol. The van der Waals surface area contributed by atoms with Crippen molar-refractivity contribution < 1.29 is 53.7 Å². The Bertz CT molecular complexity index is 2090. The highest BCUT2D eigenvalue weighted by Crippen LogP contribution is 2.55. The zero-order chi connectivity index (χ0) is 43.3. The van der Waals surface area contributed by atoms with E-state index in [2.05, 4.69) is 22.2 Å². The van der Waals surface area contributed by atoms with Crippen molar-refractivity contribution in [3.05, 3.63) is 52.8 Å². The number of amides is 1. The fourth-order valence-electron chi connectivity index (χ4n) is 8.86. The summed E-state index contributed by atoms with van der Waals surface area (Å²) < 4.78 is 30.5. The third kappa shape index (κ3) is 7.79. The Morgan fingerprint density at radius 3 is 2.24 bits per heavy atom. The molecule has 0 unspecified atom stereocenters. The van der Waals surface area contributed by atoms with Gasteiger partial charge < -0.3 is 54.3 Å². The maximum atomic E-state index is 14.5. The van der Waals surface area contributed by atoms with Crippen molar-refractivity contribution in [1.82, 2.24) is 9.91 Å². The van der Waals surface area contributed by atoms with Crippen molar-refractivity contribution in [3.8, 4) is 23.0 Å². The lowest BCUT2D eigenvalue weighted by Crippen LogP contribution is -2.60. The van der Waals surface area contributed by atoms with Crippen LogP contribution in [0.15, 0.2) is 41.2 Å². The molecule has 2 aromatic carbocycles. The quantitative estimate of drug-likeness (QED) is 0.154. The van der Waals surface area contributed by atoms with Gasteiger partial charge >= 0.3 is 5.79 Å². The van der Waals surface area contributed by atoms with Gasteiger partial charge in [-0.15, -0.1) is 0 Å². The van der Waals surface area contributed by atoms with Crippen LogP contribution >= 0.6 is 0 Å². The number of aliphatic hydroxyl groups is 1. The van der Waals surface area contributed by atoms with Crippen LogP contribution < -0.4 is 10.1 Å². The number of likely N-dealkylation sites (N-methyl/N-ethyl adjacent to an activating group) is 1. The third-order valence-corrected chi connectivity index (χ3v) is 13.1. The van der Waals surface area contributed by atoms with Gasteiger partial charge in [0, 0.05) is 87.5 Å².